The molecule has 6 heteroatoms. The second-order valence-electron chi connectivity index (χ2n) is 4.24. The first-order valence-corrected chi connectivity index (χ1v) is 6.58. The van der Waals surface area contributed by atoms with Crippen LogP contribution >= 0.6 is 0 Å². The zero-order valence-corrected chi connectivity index (χ0v) is 13.3. The average molecular weight is 296 g/mol. The second-order valence-corrected chi connectivity index (χ2v) is 4.24. The third-order valence-corrected chi connectivity index (χ3v) is 2.56. The topological polar surface area (TPSA) is 75.7 Å². The third-order valence-electron chi connectivity index (χ3n) is 2.56. The molecule has 1 aromatic rings. The molecular weight excluding hydrogens is 279 g/mol. The molecule has 112 valence electrons. The summed E-state index contributed by atoms with van der Waals surface area (Å²) in [7, 11) is 0. The van der Waals surface area contributed by atoms with Crippen molar-refractivity contribution in [2.45, 2.75) is 26.4 Å². The molecular formula is C16H17LiO5. The summed E-state index contributed by atoms with van der Waals surface area (Å²) < 4.78 is 9.25. The molecule has 0 amide bonds. The quantitative estimate of drug-likeness (QED) is 0.267. The number of aryl methyl sites for hydroxylation is 1. The molecule has 0 aliphatic rings. The number of ether oxygens (including phenoxy) is 2. The summed E-state index contributed by atoms with van der Waals surface area (Å²) in [6.45, 7) is 4.95. The minimum atomic E-state index is -2.86. The van der Waals surface area contributed by atoms with Gasteiger partial charge in [0, 0.05) is 5.56 Å². The van der Waals surface area contributed by atoms with E-state index in [0.717, 1.165) is 5.56 Å². The van der Waals surface area contributed by atoms with Gasteiger partial charge in [-0.15, -0.1) is 0 Å². The molecule has 1 rings (SSSR count). The van der Waals surface area contributed by atoms with Crippen LogP contribution < -0.4 is 24.0 Å². The molecule has 0 saturated carbocycles. The van der Waals surface area contributed by atoms with Gasteiger partial charge in [0.25, 0.3) is 0 Å². The zero-order valence-electron chi connectivity index (χ0n) is 13.3. The van der Waals surface area contributed by atoms with Crippen LogP contribution in [0.1, 0.15) is 25.0 Å². The summed E-state index contributed by atoms with van der Waals surface area (Å²) in [5.41, 5.74) is -1.31. The van der Waals surface area contributed by atoms with Crippen molar-refractivity contribution in [1.82, 2.24) is 0 Å². The Balaban J connectivity index is 0.00000441. The van der Waals surface area contributed by atoms with E-state index in [1.807, 2.05) is 19.1 Å². The molecule has 0 saturated heterocycles. The first-order valence-electron chi connectivity index (χ1n) is 6.58. The van der Waals surface area contributed by atoms with Crippen molar-refractivity contribution < 1.29 is 43.0 Å². The molecule has 0 aromatic heterocycles. The standard InChI is InChI=1S/C16H17O5.Li/c1-4-20-14(17)16(19,15(18)21-5-2)11-10-13-8-6-12(3)7-9-13;/h6-9H,4-5H2,1-3H3;/q-1;+1. The Bertz CT molecular complexity index is 550. The van der Waals surface area contributed by atoms with Gasteiger partial charge in [0.15, 0.2) is 5.60 Å². The minimum absolute atomic E-state index is 0. The predicted octanol–water partition coefficient (Wildman–Crippen LogP) is -2.42. The van der Waals surface area contributed by atoms with Crippen molar-refractivity contribution in [3.05, 3.63) is 35.4 Å². The fourth-order valence-electron chi connectivity index (χ4n) is 1.45. The van der Waals surface area contributed by atoms with Crippen LogP contribution in [0.4, 0.5) is 0 Å². The van der Waals surface area contributed by atoms with Crippen molar-refractivity contribution in [1.29, 1.82) is 0 Å². The average Bonchev–Trinajstić information content (AvgIpc) is 2.46. The Kier molecular flexibility index (Phi) is 8.60. The van der Waals surface area contributed by atoms with Crippen LogP contribution in [0.15, 0.2) is 24.3 Å². The van der Waals surface area contributed by atoms with Crippen LogP contribution in [0.5, 0.6) is 0 Å². The van der Waals surface area contributed by atoms with Gasteiger partial charge in [0.1, 0.15) is 0 Å². The van der Waals surface area contributed by atoms with E-state index in [1.165, 1.54) is 13.8 Å². The monoisotopic (exact) mass is 296 g/mol. The maximum Gasteiger partial charge on any atom is 1.00 e. The van der Waals surface area contributed by atoms with Crippen molar-refractivity contribution in [2.75, 3.05) is 13.2 Å². The molecule has 22 heavy (non-hydrogen) atoms. The fourth-order valence-corrected chi connectivity index (χ4v) is 1.45. The molecule has 0 unspecified atom stereocenters. The van der Waals surface area contributed by atoms with Crippen LogP contribution in [0.3, 0.4) is 0 Å². The third kappa shape index (κ3) is 5.24. The van der Waals surface area contributed by atoms with E-state index >= 15 is 0 Å². The van der Waals surface area contributed by atoms with E-state index in [1.54, 1.807) is 12.1 Å². The van der Waals surface area contributed by atoms with E-state index in [0.29, 0.717) is 5.56 Å². The molecule has 0 fully saturated rings. The first-order chi connectivity index (χ1) is 9.93. The molecule has 0 N–H and O–H groups in total. The van der Waals surface area contributed by atoms with Gasteiger partial charge >= 0.3 is 30.8 Å². The van der Waals surface area contributed by atoms with Crippen LogP contribution in [0.25, 0.3) is 0 Å². The van der Waals surface area contributed by atoms with Gasteiger partial charge < -0.3 is 14.6 Å². The zero-order chi connectivity index (χ0) is 15.9. The van der Waals surface area contributed by atoms with E-state index in [9.17, 15) is 14.7 Å². The first kappa shape index (κ1) is 20.3. The molecule has 0 spiro atoms. The summed E-state index contributed by atoms with van der Waals surface area (Å²) in [6.07, 6.45) is 0. The molecule has 0 aliphatic carbocycles. The SMILES string of the molecule is CCOC(=O)C([O-])(C#Cc1ccc(C)cc1)C(=O)OCC.[Li+]. The summed E-state index contributed by atoms with van der Waals surface area (Å²) in [4.78, 5) is 23.4. The molecule has 5 nitrogen and oxygen atoms in total. The van der Waals surface area contributed by atoms with Gasteiger partial charge in [-0.3, -0.25) is 9.59 Å². The smallest absolute Gasteiger partial charge is 0.823 e. The number of carbonyl (C=O) groups excluding carboxylic acids is 2. The van der Waals surface area contributed by atoms with Gasteiger partial charge in [-0.25, -0.2) is 0 Å². The van der Waals surface area contributed by atoms with Crippen LogP contribution in [-0.2, 0) is 19.1 Å². The summed E-state index contributed by atoms with van der Waals surface area (Å²) in [5.74, 6) is 2.18. The minimum Gasteiger partial charge on any atom is -0.823 e. The summed E-state index contributed by atoms with van der Waals surface area (Å²) in [5, 5.41) is 12.4. The van der Waals surface area contributed by atoms with E-state index in [4.69, 9.17) is 0 Å². The van der Waals surface area contributed by atoms with Gasteiger partial charge in [-0.2, -0.15) is 0 Å². The molecule has 1 aromatic carbocycles. The largest absolute Gasteiger partial charge is 1.00 e. The van der Waals surface area contributed by atoms with E-state index in [-0.39, 0.29) is 32.1 Å². The van der Waals surface area contributed by atoms with E-state index < -0.39 is 17.5 Å². The van der Waals surface area contributed by atoms with Crippen molar-refractivity contribution >= 4 is 11.9 Å². The molecule has 0 atom stereocenters. The van der Waals surface area contributed by atoms with Gasteiger partial charge in [-0.1, -0.05) is 29.5 Å². The molecule has 0 bridgehead atoms. The second kappa shape index (κ2) is 9.33. The molecule has 0 radical (unpaired) electrons. The normalized spacial score (nSPS) is 9.82. The Morgan fingerprint density at radius 3 is 1.95 bits per heavy atom. The number of hydrogen-bond donors (Lipinski definition) is 0. The van der Waals surface area contributed by atoms with Gasteiger partial charge in [0.2, 0.25) is 0 Å². The van der Waals surface area contributed by atoms with Crippen LogP contribution in [-0.4, -0.2) is 30.8 Å². The Hall–Kier alpha value is -1.72. The van der Waals surface area contributed by atoms with E-state index in [2.05, 4.69) is 21.3 Å². The van der Waals surface area contributed by atoms with Crippen LogP contribution in [0, 0.1) is 18.8 Å². The van der Waals surface area contributed by atoms with Crippen molar-refractivity contribution in [2.24, 2.45) is 0 Å². The summed E-state index contributed by atoms with van der Waals surface area (Å²) >= 11 is 0. The number of rotatable bonds is 4. The Labute approximate surface area is 142 Å². The summed E-state index contributed by atoms with van der Waals surface area (Å²) in [6, 6.07) is 7.01. The number of hydrogen-bond acceptors (Lipinski definition) is 5. The predicted molar refractivity (Wildman–Crippen MR) is 74.1 cm³/mol. The maximum absolute atomic E-state index is 12.4. The number of benzene rings is 1. The molecule has 0 heterocycles. The number of esters is 2. The maximum atomic E-state index is 12.4. The van der Waals surface area contributed by atoms with Crippen LogP contribution in [0.2, 0.25) is 0 Å². The fraction of sp³-hybridized carbons (Fsp3) is 0.375. The number of carbonyl (C=O) groups is 2. The van der Waals surface area contributed by atoms with Gasteiger partial charge in [0.05, 0.1) is 13.2 Å². The Morgan fingerprint density at radius 2 is 1.55 bits per heavy atom. The van der Waals surface area contributed by atoms with Gasteiger partial charge in [-0.05, 0) is 32.9 Å². The Morgan fingerprint density at radius 1 is 1.09 bits per heavy atom. The van der Waals surface area contributed by atoms with Crippen molar-refractivity contribution in [3.63, 3.8) is 0 Å². The molecule has 0 aliphatic heterocycles. The van der Waals surface area contributed by atoms with Crippen molar-refractivity contribution in [3.8, 4) is 11.8 Å².